The van der Waals surface area contributed by atoms with Crippen LogP contribution in [-0.2, 0) is 9.59 Å². The quantitative estimate of drug-likeness (QED) is 0.594. The summed E-state index contributed by atoms with van der Waals surface area (Å²) in [4.78, 5) is 49.2. The first-order chi connectivity index (χ1) is 14.1. The highest BCUT2D eigenvalue weighted by molar-refractivity contribution is 6.25. The number of hydrogen-bond donors (Lipinski definition) is 2. The number of pyridine rings is 1. The third kappa shape index (κ3) is 3.38. The van der Waals surface area contributed by atoms with Crippen LogP contribution >= 0.6 is 0 Å². The Morgan fingerprint density at radius 3 is 2.79 bits per heavy atom. The lowest BCUT2D eigenvalue weighted by molar-refractivity contribution is -0.125. The molecule has 2 aromatic heterocycles. The highest BCUT2D eigenvalue weighted by atomic mass is 16.2. The summed E-state index contributed by atoms with van der Waals surface area (Å²) in [6.07, 6.45) is 7.33. The number of nitrogens with one attached hydrogen (secondary N) is 2. The third-order valence-electron chi connectivity index (χ3n) is 4.86. The van der Waals surface area contributed by atoms with E-state index in [0.29, 0.717) is 29.9 Å². The van der Waals surface area contributed by atoms with Crippen molar-refractivity contribution in [2.45, 2.75) is 25.8 Å². The molecule has 9 nitrogen and oxygen atoms in total. The van der Waals surface area contributed by atoms with Crippen molar-refractivity contribution in [1.29, 1.82) is 0 Å². The zero-order chi connectivity index (χ0) is 20.4. The summed E-state index contributed by atoms with van der Waals surface area (Å²) in [6.45, 7) is 1.86. The second-order valence-corrected chi connectivity index (χ2v) is 6.72. The zero-order valence-electron chi connectivity index (χ0n) is 15.6. The first-order valence-electron chi connectivity index (χ1n) is 9.10. The molecule has 29 heavy (non-hydrogen) atoms. The van der Waals surface area contributed by atoms with Crippen LogP contribution in [-0.4, -0.2) is 39.2 Å². The van der Waals surface area contributed by atoms with Crippen LogP contribution in [0.3, 0.4) is 0 Å². The standard InChI is InChI=1S/C20H18N6O3/c1-12(5-6-17(28)24-11-27)26-19-18-14(3-2-4-15(18)20(26)29)16(9-23-19)25-13-7-21-10-22-8-13/h2-4,7-12,25H,5-6H2,1H3,(H,24,27,28). The Morgan fingerprint density at radius 2 is 2.03 bits per heavy atom. The minimum Gasteiger partial charge on any atom is -0.351 e. The minimum atomic E-state index is -0.376. The molecular weight excluding hydrogens is 372 g/mol. The zero-order valence-corrected chi connectivity index (χ0v) is 15.6. The predicted molar refractivity (Wildman–Crippen MR) is 107 cm³/mol. The van der Waals surface area contributed by atoms with E-state index < -0.39 is 0 Å². The van der Waals surface area contributed by atoms with Crippen molar-refractivity contribution in [3.63, 3.8) is 0 Å². The lowest BCUT2D eigenvalue weighted by Gasteiger charge is -2.24. The van der Waals surface area contributed by atoms with Crippen LogP contribution in [0, 0.1) is 0 Å². The molecule has 1 atom stereocenters. The van der Waals surface area contributed by atoms with E-state index >= 15 is 0 Å². The van der Waals surface area contributed by atoms with Crippen molar-refractivity contribution >= 4 is 46.2 Å². The molecule has 4 rings (SSSR count). The van der Waals surface area contributed by atoms with Crippen molar-refractivity contribution in [1.82, 2.24) is 20.3 Å². The molecule has 9 heteroatoms. The van der Waals surface area contributed by atoms with Crippen molar-refractivity contribution in [3.8, 4) is 0 Å². The second-order valence-electron chi connectivity index (χ2n) is 6.72. The Bertz CT molecular complexity index is 1100. The van der Waals surface area contributed by atoms with Crippen LogP contribution in [0.2, 0.25) is 0 Å². The van der Waals surface area contributed by atoms with E-state index in [9.17, 15) is 14.4 Å². The molecule has 0 aliphatic carbocycles. The lowest BCUT2D eigenvalue weighted by Crippen LogP contribution is -2.37. The molecule has 1 aliphatic heterocycles. The molecule has 0 fully saturated rings. The van der Waals surface area contributed by atoms with Gasteiger partial charge in [-0.2, -0.15) is 0 Å². The molecule has 0 saturated carbocycles. The molecule has 2 N–H and O–H groups in total. The molecule has 0 saturated heterocycles. The monoisotopic (exact) mass is 390 g/mol. The van der Waals surface area contributed by atoms with E-state index in [0.717, 1.165) is 16.5 Å². The largest absolute Gasteiger partial charge is 0.351 e. The van der Waals surface area contributed by atoms with Gasteiger partial charge >= 0.3 is 0 Å². The highest BCUT2D eigenvalue weighted by Crippen LogP contribution is 2.40. The SMILES string of the molecule is CC(CCC(=O)NC=O)N1C(=O)c2cccc3c(Nc4cncnc4)cnc1c23. The molecule has 0 radical (unpaired) electrons. The number of carbonyl (C=O) groups excluding carboxylic acids is 3. The number of hydrogen-bond acceptors (Lipinski definition) is 7. The minimum absolute atomic E-state index is 0.136. The molecule has 3 amide bonds. The van der Waals surface area contributed by atoms with Gasteiger partial charge in [0.05, 0.1) is 35.5 Å². The van der Waals surface area contributed by atoms with Gasteiger partial charge in [-0.1, -0.05) is 12.1 Å². The Kier molecular flexibility index (Phi) is 4.86. The Labute approximate surface area is 166 Å². The number of nitrogens with zero attached hydrogens (tertiary/aromatic N) is 4. The van der Waals surface area contributed by atoms with E-state index in [2.05, 4.69) is 25.6 Å². The van der Waals surface area contributed by atoms with Crippen LogP contribution in [0.25, 0.3) is 10.8 Å². The molecule has 0 spiro atoms. The van der Waals surface area contributed by atoms with Gasteiger partial charge in [-0.25, -0.2) is 15.0 Å². The summed E-state index contributed by atoms with van der Waals surface area (Å²) in [5.41, 5.74) is 2.03. The molecule has 1 unspecified atom stereocenters. The molecule has 3 aromatic rings. The summed E-state index contributed by atoms with van der Waals surface area (Å²) in [5, 5.41) is 6.98. The van der Waals surface area contributed by atoms with Gasteiger partial charge < -0.3 is 5.32 Å². The van der Waals surface area contributed by atoms with Crippen LogP contribution in [0.1, 0.15) is 30.1 Å². The number of anilines is 3. The lowest BCUT2D eigenvalue weighted by atomic mass is 10.1. The van der Waals surface area contributed by atoms with Crippen LogP contribution in [0.4, 0.5) is 17.2 Å². The maximum Gasteiger partial charge on any atom is 0.260 e. The van der Waals surface area contributed by atoms with E-state index in [4.69, 9.17) is 0 Å². The van der Waals surface area contributed by atoms with Crippen molar-refractivity contribution < 1.29 is 14.4 Å². The number of imide groups is 1. The van der Waals surface area contributed by atoms with Gasteiger partial charge in [-0.15, -0.1) is 0 Å². The summed E-state index contributed by atoms with van der Waals surface area (Å²) in [7, 11) is 0. The van der Waals surface area contributed by atoms with Gasteiger partial charge in [0.25, 0.3) is 5.91 Å². The average Bonchev–Trinajstić information content (AvgIpc) is 3.03. The third-order valence-corrected chi connectivity index (χ3v) is 4.86. The van der Waals surface area contributed by atoms with Crippen LogP contribution < -0.4 is 15.5 Å². The fraction of sp³-hybridized carbons (Fsp3) is 0.200. The van der Waals surface area contributed by atoms with Gasteiger partial charge in [0.15, 0.2) is 0 Å². The number of rotatable bonds is 7. The van der Waals surface area contributed by atoms with Crippen molar-refractivity contribution in [2.75, 3.05) is 10.2 Å². The molecule has 1 aliphatic rings. The van der Waals surface area contributed by atoms with E-state index in [-0.39, 0.29) is 24.3 Å². The van der Waals surface area contributed by atoms with E-state index in [1.807, 2.05) is 19.1 Å². The average molecular weight is 390 g/mol. The Hall–Kier alpha value is -3.88. The molecule has 0 bridgehead atoms. The fourth-order valence-electron chi connectivity index (χ4n) is 3.50. The Morgan fingerprint density at radius 1 is 1.24 bits per heavy atom. The molecule has 1 aromatic carbocycles. The first-order valence-corrected chi connectivity index (χ1v) is 9.10. The molecule has 3 heterocycles. The van der Waals surface area contributed by atoms with E-state index in [1.165, 1.54) is 6.33 Å². The van der Waals surface area contributed by atoms with E-state index in [1.54, 1.807) is 29.6 Å². The molecule has 146 valence electrons. The summed E-state index contributed by atoms with van der Waals surface area (Å²) < 4.78 is 0. The fourth-order valence-corrected chi connectivity index (χ4v) is 3.50. The summed E-state index contributed by atoms with van der Waals surface area (Å²) in [5.74, 6) is 0.0408. The van der Waals surface area contributed by atoms with Gasteiger partial charge in [0, 0.05) is 23.2 Å². The van der Waals surface area contributed by atoms with Gasteiger partial charge in [0.2, 0.25) is 12.3 Å². The van der Waals surface area contributed by atoms with Gasteiger partial charge in [-0.05, 0) is 19.4 Å². The van der Waals surface area contributed by atoms with Crippen molar-refractivity contribution in [3.05, 3.63) is 48.7 Å². The summed E-state index contributed by atoms with van der Waals surface area (Å²) >= 11 is 0. The first kappa shape index (κ1) is 18.5. The number of aromatic nitrogens is 3. The normalized spacial score (nSPS) is 13.4. The second kappa shape index (κ2) is 7.63. The number of carbonyl (C=O) groups is 3. The summed E-state index contributed by atoms with van der Waals surface area (Å²) in [6, 6.07) is 5.27. The maximum absolute atomic E-state index is 13.0. The smallest absolute Gasteiger partial charge is 0.260 e. The molecular formula is C20H18N6O3. The topological polar surface area (TPSA) is 117 Å². The number of benzene rings is 1. The predicted octanol–water partition coefficient (Wildman–Crippen LogP) is 2.17. The van der Waals surface area contributed by atoms with Gasteiger partial charge in [0.1, 0.15) is 12.1 Å². The Balaban J connectivity index is 1.67. The van der Waals surface area contributed by atoms with Crippen LogP contribution in [0.15, 0.2) is 43.1 Å². The van der Waals surface area contributed by atoms with Crippen LogP contribution in [0.5, 0.6) is 0 Å². The van der Waals surface area contributed by atoms with Crippen molar-refractivity contribution in [2.24, 2.45) is 0 Å². The van der Waals surface area contributed by atoms with Gasteiger partial charge in [-0.3, -0.25) is 24.6 Å². The maximum atomic E-state index is 13.0. The number of amides is 3. The highest BCUT2D eigenvalue weighted by Gasteiger charge is 2.35.